The smallest absolute Gasteiger partial charge is 0.274 e. The van der Waals surface area contributed by atoms with Crippen molar-refractivity contribution in [1.82, 2.24) is 4.98 Å². The third kappa shape index (κ3) is 4.00. The minimum atomic E-state index is -0.326. The maximum absolute atomic E-state index is 12.4. The van der Waals surface area contributed by atoms with Gasteiger partial charge in [-0.3, -0.25) is 4.79 Å². The molecule has 1 aliphatic heterocycles. The van der Waals surface area contributed by atoms with Crippen molar-refractivity contribution in [2.75, 3.05) is 23.3 Å². The van der Waals surface area contributed by atoms with Crippen molar-refractivity contribution in [3.8, 4) is 0 Å². The van der Waals surface area contributed by atoms with E-state index >= 15 is 0 Å². The lowest BCUT2D eigenvalue weighted by Crippen LogP contribution is -2.24. The van der Waals surface area contributed by atoms with Gasteiger partial charge in [-0.25, -0.2) is 4.98 Å². The van der Waals surface area contributed by atoms with Crippen LogP contribution in [0.3, 0.4) is 0 Å². The molecule has 2 aromatic rings. The summed E-state index contributed by atoms with van der Waals surface area (Å²) < 4.78 is 0. The first-order valence-corrected chi connectivity index (χ1v) is 8.87. The fraction of sp³-hybridized carbons (Fsp3) is 0.333. The van der Waals surface area contributed by atoms with Gasteiger partial charge in [-0.1, -0.05) is 42.1 Å². The van der Waals surface area contributed by atoms with E-state index in [0.29, 0.717) is 21.4 Å². The number of hydrogen-bond donors (Lipinski definition) is 1. The van der Waals surface area contributed by atoms with Gasteiger partial charge in [0.1, 0.15) is 5.69 Å². The zero-order valence-corrected chi connectivity index (χ0v) is 14.8. The Morgan fingerprint density at radius 2 is 1.67 bits per heavy atom. The van der Waals surface area contributed by atoms with Crippen LogP contribution >= 0.6 is 23.2 Å². The molecule has 0 bridgehead atoms. The lowest BCUT2D eigenvalue weighted by molar-refractivity contribution is 0.102. The van der Waals surface area contributed by atoms with Gasteiger partial charge in [-0.15, -0.1) is 0 Å². The van der Waals surface area contributed by atoms with E-state index in [9.17, 15) is 4.79 Å². The molecule has 126 valence electrons. The summed E-state index contributed by atoms with van der Waals surface area (Å²) in [5.74, 6) is -0.326. The molecule has 3 rings (SSSR count). The standard InChI is InChI=1S/C18H19Cl2N3O/c19-14-6-5-7-15(20)17(14)22-18(24)16-9-8-13(12-21-16)23-10-3-1-2-4-11-23/h5-9,12H,1-4,10-11H2,(H,22,24). The maximum atomic E-state index is 12.4. The summed E-state index contributed by atoms with van der Waals surface area (Å²) in [6, 6.07) is 8.77. The topological polar surface area (TPSA) is 45.2 Å². The summed E-state index contributed by atoms with van der Waals surface area (Å²) in [6.07, 6.45) is 6.72. The zero-order chi connectivity index (χ0) is 16.9. The molecule has 1 aromatic heterocycles. The van der Waals surface area contributed by atoms with Crippen LogP contribution in [0.1, 0.15) is 36.2 Å². The minimum Gasteiger partial charge on any atom is -0.370 e. The van der Waals surface area contributed by atoms with Gasteiger partial charge in [-0.05, 0) is 37.1 Å². The molecule has 0 radical (unpaired) electrons. The van der Waals surface area contributed by atoms with E-state index in [0.717, 1.165) is 18.8 Å². The van der Waals surface area contributed by atoms with Crippen molar-refractivity contribution in [3.63, 3.8) is 0 Å². The number of rotatable bonds is 3. The quantitative estimate of drug-likeness (QED) is 0.832. The van der Waals surface area contributed by atoms with Gasteiger partial charge < -0.3 is 10.2 Å². The maximum Gasteiger partial charge on any atom is 0.274 e. The van der Waals surface area contributed by atoms with E-state index in [4.69, 9.17) is 23.2 Å². The highest BCUT2D eigenvalue weighted by Crippen LogP contribution is 2.30. The summed E-state index contributed by atoms with van der Waals surface area (Å²) in [5, 5.41) is 3.52. The normalized spacial score (nSPS) is 15.0. The Kier molecular flexibility index (Phi) is 5.59. The number of nitrogens with one attached hydrogen (secondary N) is 1. The average Bonchev–Trinajstić information content (AvgIpc) is 2.88. The summed E-state index contributed by atoms with van der Waals surface area (Å²) in [4.78, 5) is 19.0. The van der Waals surface area contributed by atoms with Crippen LogP contribution in [0.15, 0.2) is 36.5 Å². The Morgan fingerprint density at radius 1 is 1.00 bits per heavy atom. The van der Waals surface area contributed by atoms with Gasteiger partial charge in [0, 0.05) is 13.1 Å². The minimum absolute atomic E-state index is 0.326. The summed E-state index contributed by atoms with van der Waals surface area (Å²) in [6.45, 7) is 2.09. The molecular formula is C18H19Cl2N3O. The molecule has 2 heterocycles. The Hall–Kier alpha value is -1.78. The molecule has 0 unspecified atom stereocenters. The predicted octanol–water partition coefficient (Wildman–Crippen LogP) is 5.02. The molecule has 1 aliphatic rings. The summed E-state index contributed by atoms with van der Waals surface area (Å²) >= 11 is 12.2. The molecule has 0 spiro atoms. The number of benzene rings is 1. The number of carbonyl (C=O) groups excluding carboxylic acids is 1. The van der Waals surface area contributed by atoms with Gasteiger partial charge in [-0.2, -0.15) is 0 Å². The molecule has 1 amide bonds. The molecule has 0 atom stereocenters. The first-order chi connectivity index (χ1) is 11.6. The van der Waals surface area contributed by atoms with Crippen LogP contribution in [-0.2, 0) is 0 Å². The van der Waals surface area contributed by atoms with Crippen LogP contribution in [0.5, 0.6) is 0 Å². The SMILES string of the molecule is O=C(Nc1c(Cl)cccc1Cl)c1ccc(N2CCCCCC2)cn1. The number of amides is 1. The number of para-hydroxylation sites is 1. The number of anilines is 2. The Morgan fingerprint density at radius 3 is 2.25 bits per heavy atom. The van der Waals surface area contributed by atoms with Gasteiger partial charge in [0.25, 0.3) is 5.91 Å². The molecule has 0 saturated carbocycles. The number of pyridine rings is 1. The second-order valence-electron chi connectivity index (χ2n) is 5.85. The van der Waals surface area contributed by atoms with E-state index in [1.165, 1.54) is 25.7 Å². The molecule has 0 aliphatic carbocycles. The van der Waals surface area contributed by atoms with E-state index in [1.54, 1.807) is 30.5 Å². The zero-order valence-electron chi connectivity index (χ0n) is 13.3. The van der Waals surface area contributed by atoms with Crippen molar-refractivity contribution in [3.05, 3.63) is 52.3 Å². The molecular weight excluding hydrogens is 345 g/mol. The molecule has 1 fully saturated rings. The number of aromatic nitrogens is 1. The van der Waals surface area contributed by atoms with E-state index in [1.807, 2.05) is 6.07 Å². The monoisotopic (exact) mass is 363 g/mol. The molecule has 1 N–H and O–H groups in total. The lowest BCUT2D eigenvalue weighted by atomic mass is 10.2. The summed E-state index contributed by atoms with van der Waals surface area (Å²) in [5.41, 5.74) is 1.80. The van der Waals surface area contributed by atoms with Crippen molar-refractivity contribution >= 4 is 40.5 Å². The van der Waals surface area contributed by atoms with Crippen LogP contribution in [0, 0.1) is 0 Å². The van der Waals surface area contributed by atoms with Gasteiger partial charge in [0.15, 0.2) is 0 Å². The van der Waals surface area contributed by atoms with Gasteiger partial charge in [0.2, 0.25) is 0 Å². The molecule has 6 heteroatoms. The van der Waals surface area contributed by atoms with E-state index in [-0.39, 0.29) is 5.91 Å². The number of hydrogen-bond acceptors (Lipinski definition) is 3. The molecule has 1 aromatic carbocycles. The summed E-state index contributed by atoms with van der Waals surface area (Å²) in [7, 11) is 0. The second-order valence-corrected chi connectivity index (χ2v) is 6.67. The van der Waals surface area contributed by atoms with Gasteiger partial charge in [0.05, 0.1) is 27.6 Å². The van der Waals surface area contributed by atoms with Crippen molar-refractivity contribution in [2.45, 2.75) is 25.7 Å². The lowest BCUT2D eigenvalue weighted by Gasteiger charge is -2.22. The molecule has 4 nitrogen and oxygen atoms in total. The second kappa shape index (κ2) is 7.86. The van der Waals surface area contributed by atoms with E-state index < -0.39 is 0 Å². The van der Waals surface area contributed by atoms with Gasteiger partial charge >= 0.3 is 0 Å². The van der Waals surface area contributed by atoms with Crippen LogP contribution < -0.4 is 10.2 Å². The first-order valence-electron chi connectivity index (χ1n) is 8.11. The van der Waals surface area contributed by atoms with Crippen LogP contribution in [0.2, 0.25) is 10.0 Å². The molecule has 24 heavy (non-hydrogen) atoms. The largest absolute Gasteiger partial charge is 0.370 e. The number of halogens is 2. The Bertz CT molecular complexity index is 690. The number of carbonyl (C=O) groups is 1. The number of nitrogens with zero attached hydrogens (tertiary/aromatic N) is 2. The van der Waals surface area contributed by atoms with Crippen molar-refractivity contribution in [2.24, 2.45) is 0 Å². The van der Waals surface area contributed by atoms with Crippen molar-refractivity contribution in [1.29, 1.82) is 0 Å². The highest BCUT2D eigenvalue weighted by molar-refractivity contribution is 6.39. The Balaban J connectivity index is 1.72. The van der Waals surface area contributed by atoms with Crippen LogP contribution in [0.4, 0.5) is 11.4 Å². The highest BCUT2D eigenvalue weighted by Gasteiger charge is 2.14. The first kappa shape index (κ1) is 17.1. The fourth-order valence-electron chi connectivity index (χ4n) is 2.83. The third-order valence-corrected chi connectivity index (χ3v) is 4.78. The third-order valence-electron chi connectivity index (χ3n) is 4.15. The fourth-order valence-corrected chi connectivity index (χ4v) is 3.32. The van der Waals surface area contributed by atoms with Crippen molar-refractivity contribution < 1.29 is 4.79 Å². The Labute approximate surface area is 151 Å². The molecule has 1 saturated heterocycles. The average molecular weight is 364 g/mol. The van der Waals surface area contributed by atoms with E-state index in [2.05, 4.69) is 15.2 Å². The highest BCUT2D eigenvalue weighted by atomic mass is 35.5. The van der Waals surface area contributed by atoms with Crippen LogP contribution in [0.25, 0.3) is 0 Å². The predicted molar refractivity (Wildman–Crippen MR) is 99.3 cm³/mol. The van der Waals surface area contributed by atoms with Crippen LogP contribution in [-0.4, -0.2) is 24.0 Å².